The molecular formula is C26H28N4O5. The number of nitrogens with two attached hydrogens (primary N) is 1. The van der Waals surface area contributed by atoms with E-state index in [1.807, 2.05) is 37.3 Å². The lowest BCUT2D eigenvalue weighted by Gasteiger charge is -2.29. The third kappa shape index (κ3) is 3.33. The number of ether oxygens (including phenoxy) is 1. The van der Waals surface area contributed by atoms with Crippen molar-refractivity contribution in [1.29, 1.82) is 0 Å². The number of carbonyl (C=O) groups is 4. The monoisotopic (exact) mass is 476 g/mol. The second kappa shape index (κ2) is 8.49. The summed E-state index contributed by atoms with van der Waals surface area (Å²) in [5, 5.41) is 6.31. The van der Waals surface area contributed by atoms with Gasteiger partial charge in [-0.05, 0) is 24.5 Å². The smallest absolute Gasteiger partial charge is 0.250 e. The van der Waals surface area contributed by atoms with Crippen molar-refractivity contribution in [3.8, 4) is 5.75 Å². The summed E-state index contributed by atoms with van der Waals surface area (Å²) in [5.41, 5.74) is 7.00. The summed E-state index contributed by atoms with van der Waals surface area (Å²) in [6, 6.07) is 12.3. The van der Waals surface area contributed by atoms with Crippen LogP contribution in [-0.4, -0.2) is 41.7 Å². The second-order valence-corrected chi connectivity index (χ2v) is 9.29. The van der Waals surface area contributed by atoms with E-state index in [0.717, 1.165) is 5.56 Å². The van der Waals surface area contributed by atoms with Crippen molar-refractivity contribution in [2.75, 3.05) is 12.4 Å². The zero-order valence-corrected chi connectivity index (χ0v) is 19.7. The van der Waals surface area contributed by atoms with Crippen LogP contribution in [0.5, 0.6) is 5.75 Å². The Balaban J connectivity index is 1.60. The van der Waals surface area contributed by atoms with Gasteiger partial charge in [0.15, 0.2) is 0 Å². The van der Waals surface area contributed by atoms with Crippen molar-refractivity contribution in [2.45, 2.75) is 44.3 Å². The van der Waals surface area contributed by atoms with Gasteiger partial charge in [0.05, 0.1) is 25.5 Å². The number of hydrogen-bond acceptors (Lipinski definition) is 6. The van der Waals surface area contributed by atoms with E-state index in [2.05, 4.69) is 10.6 Å². The minimum atomic E-state index is -1.39. The molecule has 4 atom stereocenters. The van der Waals surface area contributed by atoms with E-state index < -0.39 is 35.2 Å². The topological polar surface area (TPSA) is 131 Å². The number of anilines is 1. The number of amides is 4. The summed E-state index contributed by atoms with van der Waals surface area (Å²) >= 11 is 0. The predicted molar refractivity (Wildman–Crippen MR) is 127 cm³/mol. The highest BCUT2D eigenvalue weighted by atomic mass is 16.5. The Morgan fingerprint density at radius 3 is 2.54 bits per heavy atom. The van der Waals surface area contributed by atoms with Crippen LogP contribution in [0.25, 0.3) is 0 Å². The summed E-state index contributed by atoms with van der Waals surface area (Å²) in [6.07, 6.45) is 0.982. The molecule has 3 aliphatic heterocycles. The van der Waals surface area contributed by atoms with Crippen molar-refractivity contribution in [3.63, 3.8) is 0 Å². The minimum Gasteiger partial charge on any atom is -0.496 e. The first-order chi connectivity index (χ1) is 16.8. The summed E-state index contributed by atoms with van der Waals surface area (Å²) in [6.45, 7) is 2.03. The number of hydrogen-bond donors (Lipinski definition) is 3. The molecule has 35 heavy (non-hydrogen) atoms. The van der Waals surface area contributed by atoms with Gasteiger partial charge in [-0.25, -0.2) is 0 Å². The van der Waals surface area contributed by atoms with E-state index in [0.29, 0.717) is 29.0 Å². The average Bonchev–Trinajstić information content (AvgIpc) is 3.43. The lowest BCUT2D eigenvalue weighted by Crippen LogP contribution is -2.53. The fourth-order valence-corrected chi connectivity index (χ4v) is 5.95. The number of aryl methyl sites for hydroxylation is 1. The highest BCUT2D eigenvalue weighted by Gasteiger charge is 2.70. The molecule has 0 bridgehead atoms. The highest BCUT2D eigenvalue weighted by molar-refractivity contribution is 6.15. The van der Waals surface area contributed by atoms with Gasteiger partial charge in [0.2, 0.25) is 23.6 Å². The number of primary amides is 1. The molecule has 9 nitrogen and oxygen atoms in total. The summed E-state index contributed by atoms with van der Waals surface area (Å²) in [4.78, 5) is 54.0. The van der Waals surface area contributed by atoms with Crippen LogP contribution in [0.1, 0.15) is 36.5 Å². The predicted octanol–water partition coefficient (Wildman–Crippen LogP) is 1.44. The lowest BCUT2D eigenvalue weighted by atomic mass is 9.76. The van der Waals surface area contributed by atoms with Crippen molar-refractivity contribution in [2.24, 2.45) is 17.6 Å². The number of likely N-dealkylation sites (tertiary alicyclic amines) is 1. The number of fused-ring (bicyclic) bond motifs is 4. The zero-order valence-electron chi connectivity index (χ0n) is 19.7. The van der Waals surface area contributed by atoms with Crippen LogP contribution in [-0.2, 0) is 37.7 Å². The van der Waals surface area contributed by atoms with Crippen molar-refractivity contribution < 1.29 is 23.9 Å². The number of nitrogens with zero attached hydrogens (tertiary/aromatic N) is 1. The maximum absolute atomic E-state index is 13.9. The van der Waals surface area contributed by atoms with Gasteiger partial charge in [0.25, 0.3) is 0 Å². The maximum atomic E-state index is 13.9. The first-order valence-electron chi connectivity index (χ1n) is 11.8. The fraction of sp³-hybridized carbons (Fsp3) is 0.385. The number of methoxy groups -OCH3 is 1. The maximum Gasteiger partial charge on any atom is 0.250 e. The molecule has 9 heteroatoms. The van der Waals surface area contributed by atoms with Gasteiger partial charge in [-0.2, -0.15) is 0 Å². The number of rotatable bonds is 7. The van der Waals surface area contributed by atoms with Gasteiger partial charge < -0.3 is 15.8 Å². The van der Waals surface area contributed by atoms with Gasteiger partial charge in [0, 0.05) is 29.3 Å². The molecule has 3 heterocycles. The van der Waals surface area contributed by atoms with Gasteiger partial charge in [0.1, 0.15) is 11.3 Å². The molecule has 4 N–H and O–H groups in total. The molecule has 1 spiro atoms. The van der Waals surface area contributed by atoms with Crippen molar-refractivity contribution in [1.82, 2.24) is 10.2 Å². The number of benzene rings is 2. The molecule has 5 rings (SSSR count). The number of nitrogens with one attached hydrogen (secondary N) is 2. The van der Waals surface area contributed by atoms with Gasteiger partial charge >= 0.3 is 0 Å². The average molecular weight is 477 g/mol. The van der Waals surface area contributed by atoms with Crippen LogP contribution in [0, 0.1) is 11.8 Å². The van der Waals surface area contributed by atoms with Crippen LogP contribution in [0.3, 0.4) is 0 Å². The van der Waals surface area contributed by atoms with Gasteiger partial charge in [-0.3, -0.25) is 29.4 Å². The molecule has 2 aromatic rings. The first-order valence-corrected chi connectivity index (χ1v) is 11.8. The molecular weight excluding hydrogens is 448 g/mol. The molecule has 0 saturated carbocycles. The van der Waals surface area contributed by atoms with E-state index in [1.165, 1.54) is 12.0 Å². The Morgan fingerprint density at radius 1 is 1.09 bits per heavy atom. The number of imide groups is 1. The molecule has 182 valence electrons. The Kier molecular flexibility index (Phi) is 5.59. The normalized spacial score (nSPS) is 26.7. The second-order valence-electron chi connectivity index (χ2n) is 9.29. The summed E-state index contributed by atoms with van der Waals surface area (Å²) in [5.74, 6) is -2.79. The largest absolute Gasteiger partial charge is 0.496 e. The summed E-state index contributed by atoms with van der Waals surface area (Å²) < 4.78 is 5.41. The van der Waals surface area contributed by atoms with Crippen LogP contribution < -0.4 is 21.1 Å². The van der Waals surface area contributed by atoms with Gasteiger partial charge in [-0.15, -0.1) is 0 Å². The van der Waals surface area contributed by atoms with Crippen LogP contribution in [0.4, 0.5) is 5.69 Å². The Hall–Kier alpha value is -3.72. The molecule has 4 amide bonds. The SMILES string of the molecule is CCc1cccc2c1NC(=O)[C@@]21N[C@H](CCC(N)=O)[C@H]2C(=O)N(Cc3ccccc3OC)C(=O)[C@H]21. The third-order valence-corrected chi connectivity index (χ3v) is 7.53. The Labute approximate surface area is 203 Å². The van der Waals surface area contributed by atoms with Crippen LogP contribution >= 0.6 is 0 Å². The van der Waals surface area contributed by atoms with E-state index >= 15 is 0 Å². The minimum absolute atomic E-state index is 0.0361. The summed E-state index contributed by atoms with van der Waals surface area (Å²) in [7, 11) is 1.53. The zero-order chi connectivity index (χ0) is 24.9. The van der Waals surface area contributed by atoms with E-state index in [9.17, 15) is 19.2 Å². The molecule has 2 fully saturated rings. The highest BCUT2D eigenvalue weighted by Crippen LogP contribution is 2.54. The van der Waals surface area contributed by atoms with E-state index in [4.69, 9.17) is 10.5 Å². The first kappa shape index (κ1) is 23.0. The molecule has 2 saturated heterocycles. The quantitative estimate of drug-likeness (QED) is 0.519. The standard InChI is InChI=1S/C26H28N4O5/c1-3-14-8-6-9-16-22(14)28-25(34)26(16)21-20(17(29-26)11-12-19(27)31)23(32)30(24(21)33)13-15-7-4-5-10-18(15)35-2/h4-10,17,20-21,29H,3,11-13H2,1-2H3,(H2,27,31)(H,28,34)/t17-,20-,21+,26-/m1/s1. The fourth-order valence-electron chi connectivity index (χ4n) is 5.95. The van der Waals surface area contributed by atoms with Crippen LogP contribution in [0.2, 0.25) is 0 Å². The molecule has 3 aliphatic rings. The lowest BCUT2D eigenvalue weighted by molar-refractivity contribution is -0.143. The molecule has 0 unspecified atom stereocenters. The molecule has 0 aromatic heterocycles. The van der Waals surface area contributed by atoms with E-state index in [-0.39, 0.29) is 31.2 Å². The third-order valence-electron chi connectivity index (χ3n) is 7.53. The van der Waals surface area contributed by atoms with Gasteiger partial charge in [-0.1, -0.05) is 43.3 Å². The van der Waals surface area contributed by atoms with Crippen molar-refractivity contribution >= 4 is 29.3 Å². The van der Waals surface area contributed by atoms with E-state index in [1.54, 1.807) is 12.1 Å². The van der Waals surface area contributed by atoms with Crippen molar-refractivity contribution in [3.05, 3.63) is 59.2 Å². The molecule has 0 radical (unpaired) electrons. The molecule has 2 aromatic carbocycles. The Bertz CT molecular complexity index is 1240. The Morgan fingerprint density at radius 2 is 1.83 bits per heavy atom. The molecule has 0 aliphatic carbocycles. The number of para-hydroxylation sites is 2. The van der Waals surface area contributed by atoms with Crippen LogP contribution in [0.15, 0.2) is 42.5 Å². The number of carbonyl (C=O) groups excluding carboxylic acids is 4.